The van der Waals surface area contributed by atoms with Gasteiger partial charge >= 0.3 is 0 Å². The van der Waals surface area contributed by atoms with Crippen LogP contribution in [0.5, 0.6) is 0 Å². The van der Waals surface area contributed by atoms with E-state index in [1.807, 2.05) is 6.92 Å². The van der Waals surface area contributed by atoms with Crippen LogP contribution in [0.15, 0.2) is 23.4 Å². The molecule has 0 fully saturated rings. The van der Waals surface area contributed by atoms with Gasteiger partial charge in [0.1, 0.15) is 5.82 Å². The first-order chi connectivity index (χ1) is 8.99. The van der Waals surface area contributed by atoms with Crippen molar-refractivity contribution in [2.75, 3.05) is 13.1 Å². The minimum absolute atomic E-state index is 0.0170. The third-order valence-corrected chi connectivity index (χ3v) is 2.74. The van der Waals surface area contributed by atoms with Crippen LogP contribution in [-0.2, 0) is 0 Å². The number of hydrogen-bond acceptors (Lipinski definition) is 3. The third-order valence-electron chi connectivity index (χ3n) is 2.42. The minimum atomic E-state index is -0.514. The van der Waals surface area contributed by atoms with Crippen molar-refractivity contribution in [3.05, 3.63) is 34.6 Å². The lowest BCUT2D eigenvalue weighted by molar-refractivity contribution is 0.0778. The second-order valence-corrected chi connectivity index (χ2v) is 4.35. The fourth-order valence-corrected chi connectivity index (χ4v) is 1.83. The molecule has 0 saturated heterocycles. The normalized spacial score (nSPS) is 11.4. The standard InChI is InChI=1S/C12H15ClFN3O2/c1-2-5-17(7-11(15)16-19)12(18)9-4-3-8(14)6-10(9)13/h3-4,6,19H,2,5,7H2,1H3,(H2,15,16). The molecule has 0 aromatic heterocycles. The molecule has 3 N–H and O–H groups in total. The molecule has 0 heterocycles. The maximum Gasteiger partial charge on any atom is 0.255 e. The molecule has 0 saturated carbocycles. The number of carbonyl (C=O) groups is 1. The Hall–Kier alpha value is -1.82. The van der Waals surface area contributed by atoms with Gasteiger partial charge in [0.2, 0.25) is 0 Å². The van der Waals surface area contributed by atoms with Crippen molar-refractivity contribution >= 4 is 23.3 Å². The number of rotatable bonds is 5. The molecule has 0 unspecified atom stereocenters. The van der Waals surface area contributed by atoms with Gasteiger partial charge in [0.15, 0.2) is 5.84 Å². The van der Waals surface area contributed by atoms with Gasteiger partial charge < -0.3 is 15.8 Å². The van der Waals surface area contributed by atoms with Crippen molar-refractivity contribution in [2.24, 2.45) is 10.9 Å². The molecule has 0 radical (unpaired) electrons. The van der Waals surface area contributed by atoms with E-state index in [0.717, 1.165) is 12.1 Å². The van der Waals surface area contributed by atoms with Crippen LogP contribution < -0.4 is 5.73 Å². The van der Waals surface area contributed by atoms with Gasteiger partial charge in [-0.3, -0.25) is 4.79 Å². The van der Waals surface area contributed by atoms with Gasteiger partial charge in [-0.25, -0.2) is 4.39 Å². The monoisotopic (exact) mass is 287 g/mol. The number of nitrogens with zero attached hydrogens (tertiary/aromatic N) is 2. The molecular formula is C12H15ClFN3O2. The molecule has 0 atom stereocenters. The molecule has 1 amide bonds. The summed E-state index contributed by atoms with van der Waals surface area (Å²) in [6, 6.07) is 3.55. The summed E-state index contributed by atoms with van der Waals surface area (Å²) in [7, 11) is 0. The molecule has 0 spiro atoms. The smallest absolute Gasteiger partial charge is 0.255 e. The van der Waals surface area contributed by atoms with Crippen molar-refractivity contribution < 1.29 is 14.4 Å². The fraction of sp³-hybridized carbons (Fsp3) is 0.333. The number of hydrogen-bond donors (Lipinski definition) is 2. The Bertz CT molecular complexity index is 494. The largest absolute Gasteiger partial charge is 0.409 e. The van der Waals surface area contributed by atoms with Gasteiger partial charge in [-0.05, 0) is 24.6 Å². The Morgan fingerprint density at radius 1 is 1.58 bits per heavy atom. The van der Waals surface area contributed by atoms with Crippen LogP contribution in [0, 0.1) is 5.82 Å². The molecule has 1 aromatic rings. The highest BCUT2D eigenvalue weighted by molar-refractivity contribution is 6.33. The van der Waals surface area contributed by atoms with Gasteiger partial charge in [-0.2, -0.15) is 0 Å². The molecule has 7 heteroatoms. The van der Waals surface area contributed by atoms with Gasteiger partial charge in [0.25, 0.3) is 5.91 Å². The highest BCUT2D eigenvalue weighted by atomic mass is 35.5. The number of amidine groups is 1. The summed E-state index contributed by atoms with van der Waals surface area (Å²) >= 11 is 5.84. The van der Waals surface area contributed by atoms with Crippen LogP contribution in [0.25, 0.3) is 0 Å². The van der Waals surface area contributed by atoms with Crippen molar-refractivity contribution in [1.82, 2.24) is 4.90 Å². The zero-order valence-electron chi connectivity index (χ0n) is 10.4. The summed E-state index contributed by atoms with van der Waals surface area (Å²) in [5.74, 6) is -0.987. The lowest BCUT2D eigenvalue weighted by atomic mass is 10.2. The number of halogens is 2. The zero-order valence-corrected chi connectivity index (χ0v) is 11.2. The topological polar surface area (TPSA) is 78.9 Å². The maximum absolute atomic E-state index is 12.9. The average Bonchev–Trinajstić information content (AvgIpc) is 2.37. The fourth-order valence-electron chi connectivity index (χ4n) is 1.58. The number of amides is 1. The predicted molar refractivity (Wildman–Crippen MR) is 71.0 cm³/mol. The summed E-state index contributed by atoms with van der Waals surface area (Å²) in [4.78, 5) is 13.6. The van der Waals surface area contributed by atoms with Crippen LogP contribution in [0.2, 0.25) is 5.02 Å². The molecule has 0 bridgehead atoms. The summed E-state index contributed by atoms with van der Waals surface area (Å²) in [6.07, 6.45) is 0.698. The van der Waals surface area contributed by atoms with E-state index < -0.39 is 11.7 Å². The number of carbonyl (C=O) groups excluding carboxylic acids is 1. The van der Waals surface area contributed by atoms with Crippen molar-refractivity contribution in [2.45, 2.75) is 13.3 Å². The second-order valence-electron chi connectivity index (χ2n) is 3.94. The Morgan fingerprint density at radius 2 is 2.26 bits per heavy atom. The summed E-state index contributed by atoms with van der Waals surface area (Å²) < 4.78 is 12.9. The third kappa shape index (κ3) is 4.10. The van der Waals surface area contributed by atoms with Crippen LogP contribution in [0.4, 0.5) is 4.39 Å². The molecule has 0 aliphatic heterocycles. The Kier molecular flexibility index (Phi) is 5.57. The second kappa shape index (κ2) is 6.94. The first-order valence-corrected chi connectivity index (χ1v) is 6.08. The van der Waals surface area contributed by atoms with Crippen molar-refractivity contribution in [3.63, 3.8) is 0 Å². The van der Waals surface area contributed by atoms with Gasteiger partial charge in [-0.1, -0.05) is 23.7 Å². The predicted octanol–water partition coefficient (Wildman–Crippen LogP) is 2.08. The minimum Gasteiger partial charge on any atom is -0.409 e. The van der Waals surface area contributed by atoms with Crippen LogP contribution >= 0.6 is 11.6 Å². The molecular weight excluding hydrogens is 273 g/mol. The van der Waals surface area contributed by atoms with E-state index in [1.54, 1.807) is 0 Å². The molecule has 5 nitrogen and oxygen atoms in total. The van der Waals surface area contributed by atoms with E-state index in [9.17, 15) is 9.18 Å². The lowest BCUT2D eigenvalue weighted by Crippen LogP contribution is -2.39. The van der Waals surface area contributed by atoms with E-state index >= 15 is 0 Å². The number of nitrogens with two attached hydrogens (primary N) is 1. The van der Waals surface area contributed by atoms with Crippen LogP contribution in [0.3, 0.4) is 0 Å². The van der Waals surface area contributed by atoms with Crippen LogP contribution in [-0.4, -0.2) is 34.9 Å². The molecule has 1 aromatic carbocycles. The average molecular weight is 288 g/mol. The van der Waals surface area contributed by atoms with Crippen LogP contribution in [0.1, 0.15) is 23.7 Å². The van der Waals surface area contributed by atoms with Gasteiger partial charge in [-0.15, -0.1) is 0 Å². The Balaban J connectivity index is 2.98. The molecule has 1 rings (SSSR count). The molecule has 0 aliphatic carbocycles. The first-order valence-electron chi connectivity index (χ1n) is 5.70. The lowest BCUT2D eigenvalue weighted by Gasteiger charge is -2.21. The zero-order chi connectivity index (χ0) is 14.4. The van der Waals surface area contributed by atoms with E-state index in [1.165, 1.54) is 11.0 Å². The highest BCUT2D eigenvalue weighted by Crippen LogP contribution is 2.19. The maximum atomic E-state index is 12.9. The first kappa shape index (κ1) is 15.2. The van der Waals surface area contributed by atoms with Gasteiger partial charge in [0.05, 0.1) is 17.1 Å². The SMILES string of the molecule is CCCN(CC(N)=NO)C(=O)c1ccc(F)cc1Cl. The Morgan fingerprint density at radius 3 is 2.79 bits per heavy atom. The van der Waals surface area contributed by atoms with Crippen molar-refractivity contribution in [3.8, 4) is 0 Å². The number of oxime groups is 1. The van der Waals surface area contributed by atoms with E-state index in [0.29, 0.717) is 13.0 Å². The molecule has 19 heavy (non-hydrogen) atoms. The molecule has 104 valence electrons. The number of benzene rings is 1. The van der Waals surface area contributed by atoms with E-state index in [-0.39, 0.29) is 23.0 Å². The quantitative estimate of drug-likeness (QED) is 0.377. The summed E-state index contributed by atoms with van der Waals surface area (Å²) in [6.45, 7) is 2.29. The summed E-state index contributed by atoms with van der Waals surface area (Å²) in [5, 5.41) is 11.4. The van der Waals surface area contributed by atoms with E-state index in [4.69, 9.17) is 22.5 Å². The highest BCUT2D eigenvalue weighted by Gasteiger charge is 2.19. The Labute approximate surface area is 115 Å². The van der Waals surface area contributed by atoms with Crippen molar-refractivity contribution in [1.29, 1.82) is 0 Å². The van der Waals surface area contributed by atoms with E-state index in [2.05, 4.69) is 5.16 Å². The van der Waals surface area contributed by atoms with Gasteiger partial charge in [0, 0.05) is 6.54 Å². The summed E-state index contributed by atoms with van der Waals surface area (Å²) in [5.41, 5.74) is 5.58. The molecule has 0 aliphatic rings.